The molecule has 3 rings (SSSR count). The molecular weight excluding hydrogens is 272 g/mol. The first-order valence-corrected chi connectivity index (χ1v) is 6.72. The van der Waals surface area contributed by atoms with Crippen LogP contribution in [0.15, 0.2) is 48.7 Å². The zero-order valence-electron chi connectivity index (χ0n) is 11.1. The van der Waals surface area contributed by atoms with Crippen molar-refractivity contribution in [2.45, 2.75) is 6.54 Å². The predicted molar refractivity (Wildman–Crippen MR) is 83.5 cm³/mol. The number of rotatable bonds is 3. The quantitative estimate of drug-likeness (QED) is 0.741. The van der Waals surface area contributed by atoms with E-state index in [0.29, 0.717) is 11.6 Å². The number of halogens is 1. The molecular formula is C16H15ClN2O. The minimum atomic E-state index is 0.668. The van der Waals surface area contributed by atoms with E-state index < -0.39 is 0 Å². The first-order valence-electron chi connectivity index (χ1n) is 6.35. The molecule has 0 saturated heterocycles. The third-order valence-electron chi connectivity index (χ3n) is 3.40. The first-order chi connectivity index (χ1) is 9.69. The van der Waals surface area contributed by atoms with E-state index in [1.165, 1.54) is 0 Å². The molecule has 3 aromatic rings. The zero-order chi connectivity index (χ0) is 14.1. The van der Waals surface area contributed by atoms with Crippen LogP contribution in [-0.4, -0.2) is 11.7 Å². The summed E-state index contributed by atoms with van der Waals surface area (Å²) in [6.07, 6.45) is 2.03. The summed E-state index contributed by atoms with van der Waals surface area (Å²) in [7, 11) is 1.66. The van der Waals surface area contributed by atoms with Gasteiger partial charge in [-0.15, -0.1) is 0 Å². The molecule has 1 aromatic heterocycles. The first kappa shape index (κ1) is 12.9. The number of fused-ring (bicyclic) bond motifs is 1. The predicted octanol–water partition coefficient (Wildman–Crippen LogP) is 3.93. The van der Waals surface area contributed by atoms with Gasteiger partial charge in [0, 0.05) is 22.2 Å². The van der Waals surface area contributed by atoms with Crippen molar-refractivity contribution in [2.75, 3.05) is 12.8 Å². The number of para-hydroxylation sites is 1. The second kappa shape index (κ2) is 5.10. The number of nitrogen functional groups attached to an aromatic ring is 1. The van der Waals surface area contributed by atoms with Crippen molar-refractivity contribution >= 4 is 28.2 Å². The molecule has 0 fully saturated rings. The van der Waals surface area contributed by atoms with E-state index in [1.807, 2.05) is 36.5 Å². The molecule has 0 spiro atoms. The molecule has 2 aromatic carbocycles. The van der Waals surface area contributed by atoms with Gasteiger partial charge in [0.1, 0.15) is 5.75 Å². The summed E-state index contributed by atoms with van der Waals surface area (Å²) in [6, 6.07) is 13.6. The number of anilines is 1. The van der Waals surface area contributed by atoms with Gasteiger partial charge in [0.15, 0.2) is 0 Å². The van der Waals surface area contributed by atoms with E-state index in [4.69, 9.17) is 22.1 Å². The average molecular weight is 287 g/mol. The highest BCUT2D eigenvalue weighted by Crippen LogP contribution is 2.27. The van der Waals surface area contributed by atoms with E-state index in [1.54, 1.807) is 7.11 Å². The van der Waals surface area contributed by atoms with Crippen molar-refractivity contribution in [1.29, 1.82) is 0 Å². The van der Waals surface area contributed by atoms with Crippen molar-refractivity contribution < 1.29 is 4.74 Å². The molecule has 20 heavy (non-hydrogen) atoms. The summed E-state index contributed by atoms with van der Waals surface area (Å²) in [5.41, 5.74) is 8.91. The van der Waals surface area contributed by atoms with Crippen molar-refractivity contribution in [1.82, 2.24) is 4.57 Å². The minimum absolute atomic E-state index is 0.668. The van der Waals surface area contributed by atoms with Gasteiger partial charge in [0.2, 0.25) is 0 Å². The highest BCUT2D eigenvalue weighted by molar-refractivity contribution is 6.30. The van der Waals surface area contributed by atoms with Gasteiger partial charge >= 0.3 is 0 Å². The molecule has 0 radical (unpaired) electrons. The van der Waals surface area contributed by atoms with Crippen molar-refractivity contribution in [3.05, 3.63) is 59.2 Å². The number of nitrogens with zero attached hydrogens (tertiary/aromatic N) is 1. The molecule has 0 atom stereocenters. The fourth-order valence-electron chi connectivity index (χ4n) is 2.48. The fourth-order valence-corrected chi connectivity index (χ4v) is 2.67. The van der Waals surface area contributed by atoms with Crippen LogP contribution in [0.25, 0.3) is 10.9 Å². The summed E-state index contributed by atoms with van der Waals surface area (Å²) < 4.78 is 7.50. The molecule has 0 bridgehead atoms. The third kappa shape index (κ3) is 2.21. The van der Waals surface area contributed by atoms with Gasteiger partial charge in [0.25, 0.3) is 0 Å². The Bertz CT molecular complexity index is 764. The normalized spacial score (nSPS) is 10.9. The number of ether oxygens (including phenoxy) is 1. The Kier molecular flexibility index (Phi) is 3.28. The Labute approximate surface area is 122 Å². The SMILES string of the molecule is COc1ccc(Cl)cc1Cn1ccc2cccc(N)c21. The van der Waals surface area contributed by atoms with E-state index in [9.17, 15) is 0 Å². The second-order valence-corrected chi connectivity index (χ2v) is 5.12. The molecule has 102 valence electrons. The second-order valence-electron chi connectivity index (χ2n) is 4.68. The Hall–Kier alpha value is -2.13. The van der Waals surface area contributed by atoms with E-state index in [0.717, 1.165) is 27.9 Å². The number of hydrogen-bond acceptors (Lipinski definition) is 2. The van der Waals surface area contributed by atoms with Crippen molar-refractivity contribution in [2.24, 2.45) is 0 Å². The Morgan fingerprint density at radius 1 is 1.20 bits per heavy atom. The largest absolute Gasteiger partial charge is 0.496 e. The van der Waals surface area contributed by atoms with Crippen LogP contribution in [0.1, 0.15) is 5.56 Å². The van der Waals surface area contributed by atoms with Crippen LogP contribution in [-0.2, 0) is 6.54 Å². The molecule has 0 aliphatic rings. The van der Waals surface area contributed by atoms with Crippen LogP contribution < -0.4 is 10.5 Å². The minimum Gasteiger partial charge on any atom is -0.496 e. The molecule has 2 N–H and O–H groups in total. The maximum atomic E-state index is 6.08. The van der Waals surface area contributed by atoms with Gasteiger partial charge in [0.05, 0.1) is 24.9 Å². The molecule has 0 amide bonds. The molecule has 0 saturated carbocycles. The van der Waals surface area contributed by atoms with Crippen molar-refractivity contribution in [3.63, 3.8) is 0 Å². The molecule has 0 aliphatic carbocycles. The van der Waals surface area contributed by atoms with Gasteiger partial charge in [-0.2, -0.15) is 0 Å². The van der Waals surface area contributed by atoms with Gasteiger partial charge < -0.3 is 15.0 Å². The fraction of sp³-hybridized carbons (Fsp3) is 0.125. The summed E-state index contributed by atoms with van der Waals surface area (Å²) in [5.74, 6) is 0.825. The van der Waals surface area contributed by atoms with Gasteiger partial charge in [-0.1, -0.05) is 23.7 Å². The van der Waals surface area contributed by atoms with Crippen LogP contribution in [0, 0.1) is 0 Å². The van der Waals surface area contributed by atoms with Crippen LogP contribution in [0.4, 0.5) is 5.69 Å². The number of benzene rings is 2. The molecule has 3 nitrogen and oxygen atoms in total. The highest BCUT2D eigenvalue weighted by Gasteiger charge is 2.08. The summed E-state index contributed by atoms with van der Waals surface area (Å²) in [5, 5.41) is 1.83. The summed E-state index contributed by atoms with van der Waals surface area (Å²) >= 11 is 6.07. The van der Waals surface area contributed by atoms with Crippen molar-refractivity contribution in [3.8, 4) is 5.75 Å². The lowest BCUT2D eigenvalue weighted by atomic mass is 10.2. The van der Waals surface area contributed by atoms with Gasteiger partial charge in [-0.05, 0) is 30.3 Å². The number of aromatic nitrogens is 1. The highest BCUT2D eigenvalue weighted by atomic mass is 35.5. The molecule has 4 heteroatoms. The topological polar surface area (TPSA) is 40.2 Å². The lowest BCUT2D eigenvalue weighted by molar-refractivity contribution is 0.408. The summed E-state index contributed by atoms with van der Waals surface area (Å²) in [6.45, 7) is 0.668. The zero-order valence-corrected chi connectivity index (χ0v) is 11.9. The number of methoxy groups -OCH3 is 1. The number of nitrogens with two attached hydrogens (primary N) is 1. The lowest BCUT2D eigenvalue weighted by Crippen LogP contribution is -2.02. The maximum absolute atomic E-state index is 6.08. The molecule has 0 aliphatic heterocycles. The van der Waals surface area contributed by atoms with Gasteiger partial charge in [-0.25, -0.2) is 0 Å². The Morgan fingerprint density at radius 3 is 2.85 bits per heavy atom. The smallest absolute Gasteiger partial charge is 0.123 e. The standard InChI is InChI=1S/C16H15ClN2O/c1-20-15-6-5-13(17)9-12(15)10-19-8-7-11-3-2-4-14(18)16(11)19/h2-9H,10,18H2,1H3. The average Bonchev–Trinajstić information content (AvgIpc) is 2.84. The Morgan fingerprint density at radius 2 is 2.05 bits per heavy atom. The van der Waals surface area contributed by atoms with E-state index >= 15 is 0 Å². The Balaban J connectivity index is 2.08. The molecule has 0 unspecified atom stereocenters. The lowest BCUT2D eigenvalue weighted by Gasteiger charge is -2.12. The van der Waals surface area contributed by atoms with Crippen LogP contribution in [0.3, 0.4) is 0 Å². The third-order valence-corrected chi connectivity index (χ3v) is 3.64. The van der Waals surface area contributed by atoms with Crippen LogP contribution >= 0.6 is 11.6 Å². The number of hydrogen-bond donors (Lipinski definition) is 1. The van der Waals surface area contributed by atoms with Gasteiger partial charge in [-0.3, -0.25) is 0 Å². The molecule has 1 heterocycles. The monoisotopic (exact) mass is 286 g/mol. The van der Waals surface area contributed by atoms with E-state index in [-0.39, 0.29) is 0 Å². The maximum Gasteiger partial charge on any atom is 0.123 e. The van der Waals surface area contributed by atoms with Crippen LogP contribution in [0.2, 0.25) is 5.02 Å². The summed E-state index contributed by atoms with van der Waals surface area (Å²) in [4.78, 5) is 0. The van der Waals surface area contributed by atoms with E-state index in [2.05, 4.69) is 16.7 Å². The van der Waals surface area contributed by atoms with Crippen LogP contribution in [0.5, 0.6) is 5.75 Å².